The highest BCUT2D eigenvalue weighted by molar-refractivity contribution is 7.09. The van der Waals surface area contributed by atoms with Gasteiger partial charge in [-0.2, -0.15) is 0 Å². The molecule has 3 rings (SSSR count). The van der Waals surface area contributed by atoms with E-state index in [9.17, 15) is 4.79 Å². The largest absolute Gasteiger partial charge is 0.371 e. The summed E-state index contributed by atoms with van der Waals surface area (Å²) in [6.07, 6.45) is 1.62. The summed E-state index contributed by atoms with van der Waals surface area (Å²) in [5.41, 5.74) is 0.477. The van der Waals surface area contributed by atoms with Gasteiger partial charge in [-0.3, -0.25) is 9.69 Å². The molecule has 2 heterocycles. The van der Waals surface area contributed by atoms with E-state index in [4.69, 9.17) is 0 Å². The van der Waals surface area contributed by atoms with Gasteiger partial charge in [-0.05, 0) is 50.3 Å². The predicted molar refractivity (Wildman–Crippen MR) is 105 cm³/mol. The molecule has 1 fully saturated rings. The van der Waals surface area contributed by atoms with Crippen molar-refractivity contribution in [2.75, 3.05) is 18.4 Å². The van der Waals surface area contributed by atoms with Crippen LogP contribution in [0.2, 0.25) is 0 Å². The van der Waals surface area contributed by atoms with E-state index in [1.807, 2.05) is 44.2 Å². The summed E-state index contributed by atoms with van der Waals surface area (Å²) in [7, 11) is 0. The fourth-order valence-electron chi connectivity index (χ4n) is 3.32. The SMILES string of the molecule is CC(C)NC(=O)C1(Nc2ccccc2)CCN(Cc2cccs2)CC1. The number of hydrogen-bond donors (Lipinski definition) is 2. The summed E-state index contributed by atoms with van der Waals surface area (Å²) in [6.45, 7) is 6.84. The Balaban J connectivity index is 1.71. The summed E-state index contributed by atoms with van der Waals surface area (Å²) in [4.78, 5) is 16.8. The van der Waals surface area contributed by atoms with Gasteiger partial charge in [0.25, 0.3) is 0 Å². The first-order valence-electron chi connectivity index (χ1n) is 8.96. The fraction of sp³-hybridized carbons (Fsp3) is 0.450. The van der Waals surface area contributed by atoms with Gasteiger partial charge in [-0.25, -0.2) is 0 Å². The Kier molecular flexibility index (Phi) is 5.76. The highest BCUT2D eigenvalue weighted by Crippen LogP contribution is 2.29. The van der Waals surface area contributed by atoms with E-state index in [0.29, 0.717) is 0 Å². The average molecular weight is 358 g/mol. The zero-order valence-corrected chi connectivity index (χ0v) is 15.8. The van der Waals surface area contributed by atoms with Gasteiger partial charge in [0.1, 0.15) is 5.54 Å². The maximum atomic E-state index is 13.0. The van der Waals surface area contributed by atoms with Crippen molar-refractivity contribution < 1.29 is 4.79 Å². The minimum absolute atomic E-state index is 0.113. The second-order valence-electron chi connectivity index (χ2n) is 7.06. The maximum Gasteiger partial charge on any atom is 0.245 e. The van der Waals surface area contributed by atoms with Crippen molar-refractivity contribution in [3.63, 3.8) is 0 Å². The number of carbonyl (C=O) groups is 1. The number of nitrogens with one attached hydrogen (secondary N) is 2. The number of hydrogen-bond acceptors (Lipinski definition) is 4. The normalized spacial score (nSPS) is 17.4. The number of benzene rings is 1. The summed E-state index contributed by atoms with van der Waals surface area (Å²) in [5, 5.41) is 8.78. The predicted octanol–water partition coefficient (Wildman–Crippen LogP) is 3.72. The Morgan fingerprint density at radius 3 is 2.48 bits per heavy atom. The number of carbonyl (C=O) groups excluding carboxylic acids is 1. The highest BCUT2D eigenvalue weighted by atomic mass is 32.1. The smallest absolute Gasteiger partial charge is 0.245 e. The van der Waals surface area contributed by atoms with Gasteiger partial charge in [-0.1, -0.05) is 24.3 Å². The number of likely N-dealkylation sites (tertiary alicyclic amines) is 1. The van der Waals surface area contributed by atoms with Crippen LogP contribution in [0.1, 0.15) is 31.6 Å². The van der Waals surface area contributed by atoms with E-state index in [1.54, 1.807) is 11.3 Å². The van der Waals surface area contributed by atoms with Crippen molar-refractivity contribution in [2.24, 2.45) is 0 Å². The third-order valence-corrected chi connectivity index (χ3v) is 5.54. The first kappa shape index (κ1) is 18.0. The quantitative estimate of drug-likeness (QED) is 0.828. The van der Waals surface area contributed by atoms with Crippen LogP contribution in [0.25, 0.3) is 0 Å². The van der Waals surface area contributed by atoms with Crippen molar-refractivity contribution in [2.45, 2.75) is 44.8 Å². The molecule has 25 heavy (non-hydrogen) atoms. The molecule has 1 amide bonds. The van der Waals surface area contributed by atoms with Gasteiger partial charge in [0.2, 0.25) is 5.91 Å². The zero-order valence-electron chi connectivity index (χ0n) is 15.0. The third-order valence-electron chi connectivity index (χ3n) is 4.68. The topological polar surface area (TPSA) is 44.4 Å². The standard InChI is InChI=1S/C20H27N3OS/c1-16(2)21-19(24)20(22-17-7-4-3-5-8-17)10-12-23(13-11-20)15-18-9-6-14-25-18/h3-9,14,16,22H,10-13,15H2,1-2H3,(H,21,24). The zero-order chi connectivity index (χ0) is 17.7. The molecule has 0 atom stereocenters. The molecule has 4 nitrogen and oxygen atoms in total. The van der Waals surface area contributed by atoms with Crippen LogP contribution in [0.15, 0.2) is 47.8 Å². The lowest BCUT2D eigenvalue weighted by atomic mass is 9.85. The Morgan fingerprint density at radius 1 is 1.16 bits per heavy atom. The van der Waals surface area contributed by atoms with E-state index in [0.717, 1.165) is 38.2 Å². The number of amides is 1. The highest BCUT2D eigenvalue weighted by Gasteiger charge is 2.41. The summed E-state index contributed by atoms with van der Waals surface area (Å²) < 4.78 is 0. The fourth-order valence-corrected chi connectivity index (χ4v) is 4.07. The van der Waals surface area contributed by atoms with Crippen LogP contribution >= 0.6 is 11.3 Å². The Morgan fingerprint density at radius 2 is 1.88 bits per heavy atom. The van der Waals surface area contributed by atoms with Crippen molar-refractivity contribution >= 4 is 22.9 Å². The molecule has 0 radical (unpaired) electrons. The Bertz CT molecular complexity index is 662. The lowest BCUT2D eigenvalue weighted by Crippen LogP contribution is -2.59. The van der Waals surface area contributed by atoms with Crippen molar-refractivity contribution in [3.8, 4) is 0 Å². The lowest BCUT2D eigenvalue weighted by molar-refractivity contribution is -0.127. The number of rotatable bonds is 6. The van der Waals surface area contributed by atoms with E-state index < -0.39 is 5.54 Å². The summed E-state index contributed by atoms with van der Waals surface area (Å²) in [6, 6.07) is 14.5. The molecule has 1 saturated heterocycles. The molecule has 1 aliphatic rings. The molecule has 0 spiro atoms. The van der Waals surface area contributed by atoms with Crippen LogP contribution < -0.4 is 10.6 Å². The van der Waals surface area contributed by atoms with Crippen LogP contribution in [-0.2, 0) is 11.3 Å². The molecule has 2 aromatic rings. The molecule has 1 aromatic carbocycles. The lowest BCUT2D eigenvalue weighted by Gasteiger charge is -2.42. The third kappa shape index (κ3) is 4.61. The number of para-hydroxylation sites is 1. The van der Waals surface area contributed by atoms with Crippen molar-refractivity contribution in [1.82, 2.24) is 10.2 Å². The molecule has 0 unspecified atom stereocenters. The minimum Gasteiger partial charge on any atom is -0.371 e. The van der Waals surface area contributed by atoms with E-state index >= 15 is 0 Å². The van der Waals surface area contributed by atoms with Crippen molar-refractivity contribution in [3.05, 3.63) is 52.7 Å². The molecule has 1 aromatic heterocycles. The van der Waals surface area contributed by atoms with E-state index in [-0.39, 0.29) is 11.9 Å². The number of thiophene rings is 1. The van der Waals surface area contributed by atoms with Gasteiger partial charge < -0.3 is 10.6 Å². The van der Waals surface area contributed by atoms with Gasteiger partial charge in [0.15, 0.2) is 0 Å². The second-order valence-corrected chi connectivity index (χ2v) is 8.09. The van der Waals surface area contributed by atoms with E-state index in [2.05, 4.69) is 33.0 Å². The first-order valence-corrected chi connectivity index (χ1v) is 9.84. The molecule has 1 aliphatic heterocycles. The number of nitrogens with zero attached hydrogens (tertiary/aromatic N) is 1. The summed E-state index contributed by atoms with van der Waals surface area (Å²) in [5.74, 6) is 0.113. The molecule has 134 valence electrons. The van der Waals surface area contributed by atoms with Gasteiger partial charge in [-0.15, -0.1) is 11.3 Å². The molecule has 0 bridgehead atoms. The van der Waals surface area contributed by atoms with E-state index in [1.165, 1.54) is 4.88 Å². The molecule has 0 saturated carbocycles. The summed E-state index contributed by atoms with van der Waals surface area (Å²) >= 11 is 1.80. The van der Waals surface area contributed by atoms with Crippen LogP contribution in [0.3, 0.4) is 0 Å². The molecule has 5 heteroatoms. The average Bonchev–Trinajstić information content (AvgIpc) is 3.10. The Hall–Kier alpha value is -1.85. The second kappa shape index (κ2) is 8.02. The number of piperidine rings is 1. The number of anilines is 1. The maximum absolute atomic E-state index is 13.0. The van der Waals surface area contributed by atoms with Gasteiger partial charge in [0.05, 0.1) is 0 Å². The van der Waals surface area contributed by atoms with Gasteiger partial charge >= 0.3 is 0 Å². The minimum atomic E-state index is -0.530. The molecule has 2 N–H and O–H groups in total. The van der Waals surface area contributed by atoms with Crippen LogP contribution in [0.4, 0.5) is 5.69 Å². The monoisotopic (exact) mass is 357 g/mol. The van der Waals surface area contributed by atoms with Crippen LogP contribution in [-0.4, -0.2) is 35.5 Å². The Labute approximate surface area is 154 Å². The molecular formula is C20H27N3OS. The molecular weight excluding hydrogens is 330 g/mol. The molecule has 0 aliphatic carbocycles. The van der Waals surface area contributed by atoms with Crippen LogP contribution in [0.5, 0.6) is 0 Å². The van der Waals surface area contributed by atoms with Crippen LogP contribution in [0, 0.1) is 0 Å². The van der Waals surface area contributed by atoms with Crippen molar-refractivity contribution in [1.29, 1.82) is 0 Å². The first-order chi connectivity index (χ1) is 12.1. The van der Waals surface area contributed by atoms with Gasteiger partial charge in [0, 0.05) is 36.2 Å².